The molecule has 1 amide bonds. The zero-order valence-corrected chi connectivity index (χ0v) is 10.2. The molecule has 0 spiro atoms. The summed E-state index contributed by atoms with van der Waals surface area (Å²) in [7, 11) is 1.99. The van der Waals surface area contributed by atoms with Crippen LogP contribution in [0.15, 0.2) is 0 Å². The van der Waals surface area contributed by atoms with Gasteiger partial charge >= 0.3 is 0 Å². The van der Waals surface area contributed by atoms with E-state index in [0.717, 1.165) is 45.2 Å². The lowest BCUT2D eigenvalue weighted by atomic mass is 10.1. The van der Waals surface area contributed by atoms with Crippen LogP contribution in [-0.2, 0) is 4.79 Å². The van der Waals surface area contributed by atoms with E-state index in [4.69, 9.17) is 0 Å². The molecule has 1 rings (SSSR count). The molecule has 1 unspecified atom stereocenters. The van der Waals surface area contributed by atoms with Crippen LogP contribution in [0.3, 0.4) is 0 Å². The molecule has 1 aliphatic rings. The monoisotopic (exact) mass is 230 g/mol. The molecule has 94 valence electrons. The van der Waals surface area contributed by atoms with E-state index in [9.17, 15) is 9.18 Å². The summed E-state index contributed by atoms with van der Waals surface area (Å²) in [5, 5.41) is 2.94. The summed E-state index contributed by atoms with van der Waals surface area (Å²) in [6, 6.07) is 0.0212. The Labute approximate surface area is 97.4 Å². The van der Waals surface area contributed by atoms with Gasteiger partial charge in [-0.15, -0.1) is 0 Å². The number of hydrogen-bond donors (Lipinski definition) is 1. The fraction of sp³-hybridized carbons (Fsp3) is 0.917. The van der Waals surface area contributed by atoms with Gasteiger partial charge in [0.15, 0.2) is 0 Å². The minimum absolute atomic E-state index is 0.0212. The van der Waals surface area contributed by atoms with E-state index >= 15 is 0 Å². The molecule has 1 N–H and O–H groups in total. The number of rotatable bonds is 6. The predicted molar refractivity (Wildman–Crippen MR) is 63.1 cm³/mol. The highest BCUT2D eigenvalue weighted by Crippen LogP contribution is 2.12. The standard InChI is InChI=1S/C12H23FN2O/c1-15(10-6-2-4-8-13)11-7-3-5-9-14-12(11)16/h11H,2-10H2,1H3,(H,14,16). The van der Waals surface area contributed by atoms with Gasteiger partial charge in [-0.3, -0.25) is 14.1 Å². The Morgan fingerprint density at radius 1 is 1.38 bits per heavy atom. The lowest BCUT2D eigenvalue weighted by molar-refractivity contribution is -0.125. The van der Waals surface area contributed by atoms with E-state index in [2.05, 4.69) is 10.2 Å². The Balaban J connectivity index is 2.27. The normalized spacial score (nSPS) is 21.9. The van der Waals surface area contributed by atoms with Crippen LogP contribution in [0.5, 0.6) is 0 Å². The lowest BCUT2D eigenvalue weighted by Crippen LogP contribution is -2.44. The summed E-state index contributed by atoms with van der Waals surface area (Å²) >= 11 is 0. The molecule has 0 aromatic carbocycles. The highest BCUT2D eigenvalue weighted by atomic mass is 19.1. The number of halogens is 1. The van der Waals surface area contributed by atoms with Crippen molar-refractivity contribution in [2.24, 2.45) is 0 Å². The third-order valence-corrected chi connectivity index (χ3v) is 3.18. The third kappa shape index (κ3) is 4.47. The van der Waals surface area contributed by atoms with Gasteiger partial charge in [-0.2, -0.15) is 0 Å². The van der Waals surface area contributed by atoms with Gasteiger partial charge in [-0.05, 0) is 52.1 Å². The zero-order chi connectivity index (χ0) is 11.8. The van der Waals surface area contributed by atoms with Crippen molar-refractivity contribution >= 4 is 5.91 Å². The van der Waals surface area contributed by atoms with Crippen LogP contribution in [0, 0.1) is 0 Å². The third-order valence-electron chi connectivity index (χ3n) is 3.18. The van der Waals surface area contributed by atoms with Crippen molar-refractivity contribution in [3.05, 3.63) is 0 Å². The molecule has 16 heavy (non-hydrogen) atoms. The Morgan fingerprint density at radius 3 is 2.94 bits per heavy atom. The van der Waals surface area contributed by atoms with Crippen LogP contribution in [0.4, 0.5) is 4.39 Å². The first-order valence-corrected chi connectivity index (χ1v) is 6.29. The fourth-order valence-corrected chi connectivity index (χ4v) is 2.13. The van der Waals surface area contributed by atoms with Gasteiger partial charge < -0.3 is 5.32 Å². The number of unbranched alkanes of at least 4 members (excludes halogenated alkanes) is 2. The summed E-state index contributed by atoms with van der Waals surface area (Å²) in [5.41, 5.74) is 0. The van der Waals surface area contributed by atoms with E-state index in [1.54, 1.807) is 0 Å². The molecule has 0 aliphatic carbocycles. The average molecular weight is 230 g/mol. The molecule has 0 radical (unpaired) electrons. The first kappa shape index (κ1) is 13.4. The number of likely N-dealkylation sites (N-methyl/N-ethyl adjacent to an activating group) is 1. The first-order valence-electron chi connectivity index (χ1n) is 6.29. The molecule has 0 aromatic heterocycles. The molecule has 0 bridgehead atoms. The van der Waals surface area contributed by atoms with Crippen LogP contribution in [0.25, 0.3) is 0 Å². The second-order valence-electron chi connectivity index (χ2n) is 4.53. The largest absolute Gasteiger partial charge is 0.355 e. The second-order valence-corrected chi connectivity index (χ2v) is 4.53. The predicted octanol–water partition coefficient (Wildman–Crippen LogP) is 1.73. The van der Waals surface area contributed by atoms with Crippen LogP contribution >= 0.6 is 0 Å². The number of nitrogens with zero attached hydrogens (tertiary/aromatic N) is 1. The van der Waals surface area contributed by atoms with Crippen molar-refractivity contribution < 1.29 is 9.18 Å². The molecule has 1 atom stereocenters. The second kappa shape index (κ2) is 7.60. The topological polar surface area (TPSA) is 32.3 Å². The number of nitrogens with one attached hydrogen (secondary N) is 1. The highest BCUT2D eigenvalue weighted by molar-refractivity contribution is 5.81. The van der Waals surface area contributed by atoms with E-state index in [1.807, 2.05) is 7.05 Å². The zero-order valence-electron chi connectivity index (χ0n) is 10.2. The average Bonchev–Trinajstić information content (AvgIpc) is 2.49. The maximum absolute atomic E-state index is 11.9. The van der Waals surface area contributed by atoms with E-state index in [-0.39, 0.29) is 18.6 Å². The number of amides is 1. The Morgan fingerprint density at radius 2 is 2.19 bits per heavy atom. The van der Waals surface area contributed by atoms with Crippen molar-refractivity contribution in [2.75, 3.05) is 26.8 Å². The van der Waals surface area contributed by atoms with Gasteiger partial charge in [0, 0.05) is 6.54 Å². The minimum Gasteiger partial charge on any atom is -0.355 e. The van der Waals surface area contributed by atoms with E-state index in [0.29, 0.717) is 6.42 Å². The Kier molecular flexibility index (Phi) is 6.38. The maximum atomic E-state index is 11.9. The minimum atomic E-state index is -0.229. The summed E-state index contributed by atoms with van der Waals surface area (Å²) in [6.07, 6.45) is 5.67. The molecular weight excluding hydrogens is 207 g/mol. The van der Waals surface area contributed by atoms with Crippen LogP contribution in [0.1, 0.15) is 38.5 Å². The highest BCUT2D eigenvalue weighted by Gasteiger charge is 2.23. The van der Waals surface area contributed by atoms with Gasteiger partial charge in [-0.1, -0.05) is 0 Å². The molecule has 1 fully saturated rings. The van der Waals surface area contributed by atoms with Crippen molar-refractivity contribution in [2.45, 2.75) is 44.6 Å². The van der Waals surface area contributed by atoms with Crippen molar-refractivity contribution in [1.29, 1.82) is 0 Å². The Hall–Kier alpha value is -0.640. The SMILES string of the molecule is CN(CCCCCF)C1CCCCNC1=O. The molecule has 4 heteroatoms. The first-order chi connectivity index (χ1) is 7.75. The molecule has 1 aliphatic heterocycles. The fourth-order valence-electron chi connectivity index (χ4n) is 2.13. The molecular formula is C12H23FN2O. The molecule has 1 saturated heterocycles. The van der Waals surface area contributed by atoms with Gasteiger partial charge in [0.05, 0.1) is 12.7 Å². The van der Waals surface area contributed by atoms with Gasteiger partial charge in [0.1, 0.15) is 0 Å². The van der Waals surface area contributed by atoms with E-state index < -0.39 is 0 Å². The lowest BCUT2D eigenvalue weighted by Gasteiger charge is -2.25. The number of hydrogen-bond acceptors (Lipinski definition) is 2. The number of alkyl halides is 1. The molecule has 3 nitrogen and oxygen atoms in total. The molecule has 0 aromatic rings. The maximum Gasteiger partial charge on any atom is 0.237 e. The van der Waals surface area contributed by atoms with Crippen molar-refractivity contribution in [3.8, 4) is 0 Å². The summed E-state index contributed by atoms with van der Waals surface area (Å²) in [6.45, 7) is 1.47. The van der Waals surface area contributed by atoms with Gasteiger partial charge in [0.25, 0.3) is 0 Å². The summed E-state index contributed by atoms with van der Waals surface area (Å²) < 4.78 is 11.9. The smallest absolute Gasteiger partial charge is 0.237 e. The molecule has 0 saturated carbocycles. The summed E-state index contributed by atoms with van der Waals surface area (Å²) in [5.74, 6) is 0.158. The van der Waals surface area contributed by atoms with E-state index in [1.165, 1.54) is 0 Å². The van der Waals surface area contributed by atoms with Crippen LogP contribution in [0.2, 0.25) is 0 Å². The quantitative estimate of drug-likeness (QED) is 0.705. The number of carbonyl (C=O) groups is 1. The van der Waals surface area contributed by atoms with Crippen molar-refractivity contribution in [1.82, 2.24) is 10.2 Å². The molecule has 1 heterocycles. The van der Waals surface area contributed by atoms with Crippen LogP contribution < -0.4 is 5.32 Å². The van der Waals surface area contributed by atoms with Crippen LogP contribution in [-0.4, -0.2) is 43.7 Å². The summed E-state index contributed by atoms with van der Waals surface area (Å²) in [4.78, 5) is 13.8. The van der Waals surface area contributed by atoms with Gasteiger partial charge in [-0.25, -0.2) is 0 Å². The van der Waals surface area contributed by atoms with Crippen molar-refractivity contribution in [3.63, 3.8) is 0 Å². The number of carbonyl (C=O) groups excluding carboxylic acids is 1. The van der Waals surface area contributed by atoms with Gasteiger partial charge in [0.2, 0.25) is 5.91 Å². The Bertz CT molecular complexity index is 211.